The number of benzene rings is 1. The van der Waals surface area contributed by atoms with Gasteiger partial charge in [-0.3, -0.25) is 5.10 Å². The molecule has 1 aromatic heterocycles. The number of halogens is 1. The second-order valence-electron chi connectivity index (χ2n) is 4.97. The van der Waals surface area contributed by atoms with Gasteiger partial charge in [0.05, 0.1) is 5.69 Å². The van der Waals surface area contributed by atoms with Crippen LogP contribution in [0.1, 0.15) is 12.8 Å². The van der Waals surface area contributed by atoms with Crippen LogP contribution in [0.25, 0.3) is 11.3 Å². The van der Waals surface area contributed by atoms with Crippen molar-refractivity contribution in [3.63, 3.8) is 0 Å². The van der Waals surface area contributed by atoms with Crippen molar-refractivity contribution in [1.29, 1.82) is 0 Å². The van der Waals surface area contributed by atoms with Gasteiger partial charge in [-0.05, 0) is 42.7 Å². The highest BCUT2D eigenvalue weighted by atomic mass is 19.1. The molecule has 5 heteroatoms. The summed E-state index contributed by atoms with van der Waals surface area (Å²) in [4.78, 5) is 2.23. The Morgan fingerprint density at radius 3 is 2.58 bits per heavy atom. The predicted molar refractivity (Wildman–Crippen MR) is 73.4 cm³/mol. The summed E-state index contributed by atoms with van der Waals surface area (Å²) in [6.45, 7) is 1.88. The molecule has 0 radical (unpaired) electrons. The lowest BCUT2D eigenvalue weighted by Crippen LogP contribution is -2.39. The monoisotopic (exact) mass is 260 g/mol. The van der Waals surface area contributed by atoms with Gasteiger partial charge in [0.1, 0.15) is 5.82 Å². The molecule has 2 heterocycles. The Morgan fingerprint density at radius 2 is 1.89 bits per heavy atom. The number of hydrogen-bond acceptors (Lipinski definition) is 3. The minimum absolute atomic E-state index is 0.228. The van der Waals surface area contributed by atoms with Crippen molar-refractivity contribution < 1.29 is 4.39 Å². The van der Waals surface area contributed by atoms with Gasteiger partial charge < -0.3 is 10.6 Å². The first-order valence-electron chi connectivity index (χ1n) is 6.54. The van der Waals surface area contributed by atoms with Crippen LogP contribution in [-0.2, 0) is 0 Å². The summed E-state index contributed by atoms with van der Waals surface area (Å²) in [5, 5.41) is 7.33. The van der Waals surface area contributed by atoms with Crippen molar-refractivity contribution >= 4 is 5.82 Å². The third-order valence-electron chi connectivity index (χ3n) is 3.58. The van der Waals surface area contributed by atoms with E-state index in [1.54, 1.807) is 12.1 Å². The molecule has 1 aliphatic heterocycles. The molecule has 0 aliphatic carbocycles. The molecule has 100 valence electrons. The van der Waals surface area contributed by atoms with Crippen molar-refractivity contribution in [3.8, 4) is 11.3 Å². The molecular weight excluding hydrogens is 243 g/mol. The molecule has 0 amide bonds. The van der Waals surface area contributed by atoms with E-state index in [1.807, 2.05) is 6.07 Å². The highest BCUT2D eigenvalue weighted by Gasteiger charge is 2.18. The molecule has 0 saturated carbocycles. The van der Waals surface area contributed by atoms with E-state index in [0.717, 1.165) is 43.0 Å². The van der Waals surface area contributed by atoms with Crippen molar-refractivity contribution in [2.24, 2.45) is 5.73 Å². The van der Waals surface area contributed by atoms with E-state index >= 15 is 0 Å². The SMILES string of the molecule is NC1CCN(c2cc(-c3ccc(F)cc3)[nH]n2)CC1. The van der Waals surface area contributed by atoms with E-state index in [4.69, 9.17) is 5.73 Å². The molecule has 1 aromatic carbocycles. The third kappa shape index (κ3) is 2.61. The van der Waals surface area contributed by atoms with Gasteiger partial charge in [-0.25, -0.2) is 4.39 Å². The second kappa shape index (κ2) is 5.01. The maximum Gasteiger partial charge on any atom is 0.150 e. The van der Waals surface area contributed by atoms with Gasteiger partial charge in [0.2, 0.25) is 0 Å². The molecule has 0 unspecified atom stereocenters. The van der Waals surface area contributed by atoms with Crippen LogP contribution in [0.4, 0.5) is 10.2 Å². The Labute approximate surface area is 111 Å². The Hall–Kier alpha value is -1.88. The lowest BCUT2D eigenvalue weighted by molar-refractivity contribution is 0.498. The number of nitrogens with zero attached hydrogens (tertiary/aromatic N) is 2. The Balaban J connectivity index is 1.77. The number of piperidine rings is 1. The minimum Gasteiger partial charge on any atom is -0.355 e. The fourth-order valence-corrected chi connectivity index (χ4v) is 2.38. The highest BCUT2D eigenvalue weighted by Crippen LogP contribution is 2.23. The number of anilines is 1. The molecule has 0 bridgehead atoms. The normalized spacial score (nSPS) is 16.8. The lowest BCUT2D eigenvalue weighted by atomic mass is 10.1. The Morgan fingerprint density at radius 1 is 1.21 bits per heavy atom. The van der Waals surface area contributed by atoms with E-state index in [9.17, 15) is 4.39 Å². The standard InChI is InChI=1S/C14H17FN4/c15-11-3-1-10(2-4-11)13-9-14(18-17-13)19-7-5-12(16)6-8-19/h1-4,9,12H,5-8,16H2,(H,17,18). The van der Waals surface area contributed by atoms with Gasteiger partial charge in [-0.1, -0.05) is 0 Å². The zero-order valence-corrected chi connectivity index (χ0v) is 10.6. The summed E-state index contributed by atoms with van der Waals surface area (Å²) in [5.41, 5.74) is 7.74. The third-order valence-corrected chi connectivity index (χ3v) is 3.58. The first-order valence-corrected chi connectivity index (χ1v) is 6.54. The predicted octanol–water partition coefficient (Wildman–Crippen LogP) is 2.14. The molecule has 2 aromatic rings. The number of hydrogen-bond donors (Lipinski definition) is 2. The van der Waals surface area contributed by atoms with Crippen molar-refractivity contribution in [3.05, 3.63) is 36.1 Å². The fourth-order valence-electron chi connectivity index (χ4n) is 2.38. The first-order chi connectivity index (χ1) is 9.22. The van der Waals surface area contributed by atoms with Crippen LogP contribution in [0.3, 0.4) is 0 Å². The largest absolute Gasteiger partial charge is 0.355 e. The van der Waals surface area contributed by atoms with Gasteiger partial charge >= 0.3 is 0 Å². The summed E-state index contributed by atoms with van der Waals surface area (Å²) < 4.78 is 12.9. The number of rotatable bonds is 2. The van der Waals surface area contributed by atoms with Crippen LogP contribution in [0.2, 0.25) is 0 Å². The number of nitrogens with one attached hydrogen (secondary N) is 1. The van der Waals surface area contributed by atoms with Gasteiger partial charge in [-0.2, -0.15) is 5.10 Å². The molecule has 0 atom stereocenters. The molecule has 1 saturated heterocycles. The maximum atomic E-state index is 12.9. The topological polar surface area (TPSA) is 57.9 Å². The van der Waals surface area contributed by atoms with Crippen LogP contribution in [0.5, 0.6) is 0 Å². The van der Waals surface area contributed by atoms with Gasteiger partial charge in [0, 0.05) is 25.2 Å². The van der Waals surface area contributed by atoms with Gasteiger partial charge in [0.25, 0.3) is 0 Å². The molecule has 19 heavy (non-hydrogen) atoms. The van der Waals surface area contributed by atoms with E-state index in [2.05, 4.69) is 15.1 Å². The zero-order chi connectivity index (χ0) is 13.2. The fraction of sp³-hybridized carbons (Fsp3) is 0.357. The summed E-state index contributed by atoms with van der Waals surface area (Å²) in [6.07, 6.45) is 2.00. The number of aromatic amines is 1. The summed E-state index contributed by atoms with van der Waals surface area (Å²) in [5.74, 6) is 0.708. The number of nitrogens with two attached hydrogens (primary N) is 1. The lowest BCUT2D eigenvalue weighted by Gasteiger charge is -2.29. The second-order valence-corrected chi connectivity index (χ2v) is 4.97. The summed E-state index contributed by atoms with van der Waals surface area (Å²) in [6, 6.07) is 8.72. The Bertz CT molecular complexity index is 541. The molecule has 3 rings (SSSR count). The molecule has 4 nitrogen and oxygen atoms in total. The number of aromatic nitrogens is 2. The molecule has 3 N–H and O–H groups in total. The van der Waals surface area contributed by atoms with Gasteiger partial charge in [0.15, 0.2) is 5.82 Å². The van der Waals surface area contributed by atoms with Crippen LogP contribution < -0.4 is 10.6 Å². The maximum absolute atomic E-state index is 12.9. The summed E-state index contributed by atoms with van der Waals surface area (Å²) in [7, 11) is 0. The summed E-state index contributed by atoms with van der Waals surface area (Å²) >= 11 is 0. The van der Waals surface area contributed by atoms with E-state index < -0.39 is 0 Å². The van der Waals surface area contributed by atoms with E-state index in [-0.39, 0.29) is 5.82 Å². The highest BCUT2D eigenvalue weighted by molar-refractivity contribution is 5.63. The Kier molecular flexibility index (Phi) is 3.21. The van der Waals surface area contributed by atoms with Crippen LogP contribution in [-0.4, -0.2) is 29.3 Å². The average molecular weight is 260 g/mol. The molecule has 1 aliphatic rings. The molecular formula is C14H17FN4. The van der Waals surface area contributed by atoms with Gasteiger partial charge in [-0.15, -0.1) is 0 Å². The minimum atomic E-state index is -0.228. The van der Waals surface area contributed by atoms with Crippen molar-refractivity contribution in [2.45, 2.75) is 18.9 Å². The molecule has 0 spiro atoms. The van der Waals surface area contributed by atoms with E-state index in [0.29, 0.717) is 6.04 Å². The average Bonchev–Trinajstić information content (AvgIpc) is 2.90. The van der Waals surface area contributed by atoms with Crippen LogP contribution in [0, 0.1) is 5.82 Å². The van der Waals surface area contributed by atoms with Crippen LogP contribution in [0.15, 0.2) is 30.3 Å². The molecule has 1 fully saturated rings. The van der Waals surface area contributed by atoms with Crippen LogP contribution >= 0.6 is 0 Å². The zero-order valence-electron chi connectivity index (χ0n) is 10.6. The quantitative estimate of drug-likeness (QED) is 0.869. The van der Waals surface area contributed by atoms with E-state index in [1.165, 1.54) is 12.1 Å². The van der Waals surface area contributed by atoms with Crippen molar-refractivity contribution in [2.75, 3.05) is 18.0 Å². The van der Waals surface area contributed by atoms with Crippen molar-refractivity contribution in [1.82, 2.24) is 10.2 Å². The smallest absolute Gasteiger partial charge is 0.150 e. The first kappa shape index (κ1) is 12.2. The number of H-pyrrole nitrogens is 1.